The van der Waals surface area contributed by atoms with E-state index < -0.39 is 34.5 Å². The molecule has 3 saturated carbocycles. The van der Waals surface area contributed by atoms with Crippen LogP contribution >= 0.6 is 0 Å². The first-order chi connectivity index (χ1) is 15.8. The molecule has 5 aliphatic rings. The lowest BCUT2D eigenvalue weighted by atomic mass is 9.46. The van der Waals surface area contributed by atoms with E-state index in [0.717, 1.165) is 0 Å². The van der Waals surface area contributed by atoms with Gasteiger partial charge in [0, 0.05) is 30.8 Å². The quantitative estimate of drug-likeness (QED) is 0.481. The zero-order chi connectivity index (χ0) is 24.8. The fourth-order valence-electron chi connectivity index (χ4n) is 8.42. The molecule has 4 fully saturated rings. The smallest absolute Gasteiger partial charge is 0.178 e. The highest BCUT2D eigenvalue weighted by Crippen LogP contribution is 2.70. The Kier molecular flexibility index (Phi) is 5.28. The number of aliphatic hydroxyl groups excluding tert-OH is 2. The van der Waals surface area contributed by atoms with Gasteiger partial charge in [-0.15, -0.1) is 0 Å². The fourth-order valence-corrected chi connectivity index (χ4v) is 8.42. The van der Waals surface area contributed by atoms with Crippen molar-refractivity contribution in [2.45, 2.75) is 76.7 Å². The first-order valence-corrected chi connectivity index (χ1v) is 12.3. The molecule has 5 rings (SSSR count). The van der Waals surface area contributed by atoms with Crippen LogP contribution in [0.25, 0.3) is 0 Å². The second-order valence-corrected chi connectivity index (χ2v) is 11.9. The Hall–Kier alpha value is -1.61. The summed E-state index contributed by atoms with van der Waals surface area (Å²) in [6, 6.07) is 0. The van der Waals surface area contributed by atoms with Crippen LogP contribution in [0.15, 0.2) is 28.9 Å². The molecule has 0 radical (unpaired) electrons. The van der Waals surface area contributed by atoms with E-state index in [-0.39, 0.29) is 42.7 Å². The Morgan fingerprint density at radius 2 is 1.97 bits per heavy atom. The van der Waals surface area contributed by atoms with Gasteiger partial charge in [0.05, 0.1) is 24.5 Å². The van der Waals surface area contributed by atoms with Gasteiger partial charge in [0.25, 0.3) is 0 Å². The number of ether oxygens (including phenoxy) is 2. The lowest BCUT2D eigenvalue weighted by Crippen LogP contribution is -2.64. The fraction of sp³-hybridized carbons (Fsp3) is 0.769. The first kappa shape index (κ1) is 24.1. The minimum atomic E-state index is -1.25. The summed E-state index contributed by atoms with van der Waals surface area (Å²) in [6.45, 7) is 7.45. The molecule has 0 spiro atoms. The van der Waals surface area contributed by atoms with Crippen molar-refractivity contribution in [1.29, 1.82) is 0 Å². The number of hydrazone groups is 1. The number of allylic oxidation sites excluding steroid dienone is 4. The number of halogens is 1. The largest absolute Gasteiger partial charge is 0.393 e. The zero-order valence-electron chi connectivity index (χ0n) is 20.9. The number of carbonyl (C=O) groups excluding carboxylic acids is 1. The first-order valence-electron chi connectivity index (χ1n) is 12.3. The average Bonchev–Trinajstić information content (AvgIpc) is 3.13. The molecule has 0 unspecified atom stereocenters. The minimum absolute atomic E-state index is 0.0106. The van der Waals surface area contributed by atoms with E-state index in [0.29, 0.717) is 24.1 Å². The van der Waals surface area contributed by atoms with Crippen molar-refractivity contribution in [3.8, 4) is 0 Å². The van der Waals surface area contributed by atoms with Crippen LogP contribution in [-0.4, -0.2) is 77.2 Å². The predicted molar refractivity (Wildman–Crippen MR) is 125 cm³/mol. The second-order valence-electron chi connectivity index (χ2n) is 11.9. The van der Waals surface area contributed by atoms with Gasteiger partial charge in [0.1, 0.15) is 11.8 Å². The second kappa shape index (κ2) is 7.45. The molecule has 0 aromatic heterocycles. The van der Waals surface area contributed by atoms with Gasteiger partial charge in [0.2, 0.25) is 0 Å². The SMILES string of the molecule is CN(C)N=C(CO)[C@@]12OC(C)(C)O[C@@H]1C[C@H]1[C@@H]3C[C@H](F)C4=CC(=O)C=C[C@]4(C)[C@H]3[C@@H](O)C[C@@]12C. The molecule has 1 saturated heterocycles. The van der Waals surface area contributed by atoms with Crippen LogP contribution in [0.3, 0.4) is 0 Å². The highest BCUT2D eigenvalue weighted by atomic mass is 19.1. The molecule has 8 heteroatoms. The molecule has 34 heavy (non-hydrogen) atoms. The summed E-state index contributed by atoms with van der Waals surface area (Å²) in [5, 5.41) is 28.4. The molecule has 188 valence electrons. The summed E-state index contributed by atoms with van der Waals surface area (Å²) in [4.78, 5) is 12.0. The third-order valence-corrected chi connectivity index (χ3v) is 9.37. The zero-order valence-corrected chi connectivity index (χ0v) is 20.9. The van der Waals surface area contributed by atoms with Crippen molar-refractivity contribution >= 4 is 11.5 Å². The van der Waals surface area contributed by atoms with Gasteiger partial charge in [-0.25, -0.2) is 4.39 Å². The molecule has 9 atom stereocenters. The average molecular weight is 477 g/mol. The minimum Gasteiger partial charge on any atom is -0.393 e. The van der Waals surface area contributed by atoms with E-state index >= 15 is 4.39 Å². The number of nitrogens with zero attached hydrogens (tertiary/aromatic N) is 2. The lowest BCUT2D eigenvalue weighted by Gasteiger charge is -2.60. The number of aliphatic hydroxyl groups is 2. The van der Waals surface area contributed by atoms with Crippen molar-refractivity contribution in [3.63, 3.8) is 0 Å². The normalized spacial score (nSPS) is 49.1. The van der Waals surface area contributed by atoms with Gasteiger partial charge < -0.3 is 24.7 Å². The van der Waals surface area contributed by atoms with Crippen LogP contribution < -0.4 is 0 Å². The van der Waals surface area contributed by atoms with Crippen molar-refractivity contribution in [1.82, 2.24) is 5.01 Å². The summed E-state index contributed by atoms with van der Waals surface area (Å²) >= 11 is 0. The number of alkyl halides is 1. The third-order valence-electron chi connectivity index (χ3n) is 9.37. The van der Waals surface area contributed by atoms with Gasteiger partial charge in [-0.3, -0.25) is 4.79 Å². The van der Waals surface area contributed by atoms with E-state index in [9.17, 15) is 15.0 Å². The van der Waals surface area contributed by atoms with Crippen LogP contribution in [0.2, 0.25) is 0 Å². The Labute approximate surface area is 200 Å². The van der Waals surface area contributed by atoms with Crippen LogP contribution in [0.4, 0.5) is 4.39 Å². The molecule has 0 amide bonds. The number of rotatable bonds is 3. The van der Waals surface area contributed by atoms with Gasteiger partial charge in [0.15, 0.2) is 11.6 Å². The summed E-state index contributed by atoms with van der Waals surface area (Å²) < 4.78 is 28.7. The lowest BCUT2D eigenvalue weighted by molar-refractivity contribution is -0.211. The summed E-state index contributed by atoms with van der Waals surface area (Å²) in [6.07, 6.45) is 3.64. The summed E-state index contributed by atoms with van der Waals surface area (Å²) in [7, 11) is 3.59. The van der Waals surface area contributed by atoms with Gasteiger partial charge in [-0.05, 0) is 62.7 Å². The van der Waals surface area contributed by atoms with E-state index in [4.69, 9.17) is 9.47 Å². The molecule has 0 aromatic carbocycles. The number of hydrogen-bond acceptors (Lipinski definition) is 7. The molecular formula is C26H37FN2O5. The maximum atomic E-state index is 15.7. The van der Waals surface area contributed by atoms with E-state index in [1.54, 1.807) is 25.2 Å². The molecule has 0 bridgehead atoms. The number of fused-ring (bicyclic) bond motifs is 7. The van der Waals surface area contributed by atoms with E-state index in [2.05, 4.69) is 12.0 Å². The van der Waals surface area contributed by atoms with Crippen molar-refractivity contribution in [3.05, 3.63) is 23.8 Å². The Morgan fingerprint density at radius 3 is 2.62 bits per heavy atom. The summed E-state index contributed by atoms with van der Waals surface area (Å²) in [5.41, 5.74) is -1.43. The molecular weight excluding hydrogens is 439 g/mol. The Morgan fingerprint density at radius 1 is 1.26 bits per heavy atom. The van der Waals surface area contributed by atoms with Crippen molar-refractivity contribution < 1.29 is 28.9 Å². The van der Waals surface area contributed by atoms with Crippen molar-refractivity contribution in [2.75, 3.05) is 20.7 Å². The van der Waals surface area contributed by atoms with Gasteiger partial charge in [-0.2, -0.15) is 5.10 Å². The number of carbonyl (C=O) groups is 1. The Bertz CT molecular complexity index is 992. The number of ketones is 1. The molecule has 4 aliphatic carbocycles. The highest BCUT2D eigenvalue weighted by molar-refractivity contribution is 6.01. The van der Waals surface area contributed by atoms with Crippen LogP contribution in [0.5, 0.6) is 0 Å². The topological polar surface area (TPSA) is 91.6 Å². The van der Waals surface area contributed by atoms with Crippen molar-refractivity contribution in [2.24, 2.45) is 33.7 Å². The molecule has 7 nitrogen and oxygen atoms in total. The molecule has 0 aromatic rings. The molecule has 1 aliphatic heterocycles. The number of hydrogen-bond donors (Lipinski definition) is 2. The Balaban J connectivity index is 1.64. The predicted octanol–water partition coefficient (Wildman–Crippen LogP) is 2.62. The van der Waals surface area contributed by atoms with Crippen LogP contribution in [0.1, 0.15) is 47.0 Å². The highest BCUT2D eigenvalue weighted by Gasteiger charge is 2.76. The maximum Gasteiger partial charge on any atom is 0.178 e. The van der Waals surface area contributed by atoms with Crippen LogP contribution in [0, 0.1) is 28.6 Å². The maximum absolute atomic E-state index is 15.7. The monoisotopic (exact) mass is 476 g/mol. The van der Waals surface area contributed by atoms with E-state index in [1.807, 2.05) is 20.8 Å². The van der Waals surface area contributed by atoms with Gasteiger partial charge >= 0.3 is 0 Å². The standard InChI is InChI=1S/C26H37FN2O5/c1-23(2)33-21-11-16-15-10-18(27)17-9-14(31)7-8-24(17,3)22(15)19(32)12-25(16,4)26(21,34-23)20(13-30)28-29(5)6/h7-9,15-16,18-19,21-22,30,32H,10-13H2,1-6H3/t15-,16-,18-,19-,21+,22+,24-,25-,26+/m0/s1. The molecule has 1 heterocycles. The van der Waals surface area contributed by atoms with E-state index in [1.165, 1.54) is 12.2 Å². The third kappa shape index (κ3) is 3.01. The van der Waals surface area contributed by atoms with Gasteiger partial charge in [-0.1, -0.05) is 19.9 Å². The molecule has 2 N–H and O–H groups in total. The van der Waals surface area contributed by atoms with Crippen LogP contribution in [-0.2, 0) is 14.3 Å². The summed E-state index contributed by atoms with van der Waals surface area (Å²) in [5.74, 6) is -1.45.